The van der Waals surface area contributed by atoms with Crippen LogP contribution < -0.4 is 0 Å². The van der Waals surface area contributed by atoms with E-state index in [4.69, 9.17) is 0 Å². The molecule has 0 aliphatic heterocycles. The van der Waals surface area contributed by atoms with E-state index in [0.29, 0.717) is 5.56 Å². The number of carbonyl (C=O) groups is 1. The molecular weight excluding hydrogens is 357 g/mol. The summed E-state index contributed by atoms with van der Waals surface area (Å²) in [6.45, 7) is 1.50. The molecule has 0 saturated heterocycles. The molecule has 0 aliphatic rings. The van der Waals surface area contributed by atoms with Crippen LogP contribution in [0.5, 0.6) is 0 Å². The van der Waals surface area contributed by atoms with Gasteiger partial charge in [-0.3, -0.25) is 4.79 Å². The first-order valence-corrected chi connectivity index (χ1v) is 6.69. The molecular formula is C12H7F2IOS. The van der Waals surface area contributed by atoms with E-state index in [1.807, 2.05) is 0 Å². The Labute approximate surface area is 115 Å². The lowest BCUT2D eigenvalue weighted by Gasteiger charge is -2.03. The lowest BCUT2D eigenvalue weighted by molar-refractivity contribution is 0.103. The van der Waals surface area contributed by atoms with Gasteiger partial charge in [-0.25, -0.2) is 8.78 Å². The van der Waals surface area contributed by atoms with Crippen molar-refractivity contribution in [2.24, 2.45) is 0 Å². The molecule has 0 saturated carbocycles. The summed E-state index contributed by atoms with van der Waals surface area (Å²) in [5.41, 5.74) is 0.613. The largest absolute Gasteiger partial charge is 0.288 e. The Balaban J connectivity index is 2.47. The van der Waals surface area contributed by atoms with E-state index < -0.39 is 17.4 Å². The first kappa shape index (κ1) is 12.6. The number of rotatable bonds is 2. The molecule has 17 heavy (non-hydrogen) atoms. The second-order valence-corrected chi connectivity index (χ2v) is 6.36. The number of hydrogen-bond donors (Lipinski definition) is 0. The zero-order valence-electron chi connectivity index (χ0n) is 8.76. The van der Waals surface area contributed by atoms with Crippen molar-refractivity contribution >= 4 is 39.7 Å². The minimum Gasteiger partial charge on any atom is -0.288 e. The second kappa shape index (κ2) is 4.81. The topological polar surface area (TPSA) is 17.1 Å². The van der Waals surface area contributed by atoms with Crippen molar-refractivity contribution in [3.05, 3.63) is 54.8 Å². The van der Waals surface area contributed by atoms with E-state index >= 15 is 0 Å². The molecule has 0 amide bonds. The van der Waals surface area contributed by atoms with E-state index in [-0.39, 0.29) is 11.1 Å². The monoisotopic (exact) mass is 364 g/mol. The molecule has 0 unspecified atom stereocenters. The zero-order chi connectivity index (χ0) is 12.6. The standard InChI is InChI=1S/C12H7F2IOS/c1-6-2-8(10(14)4-9(6)13)12(16)7-3-11(15)17-5-7/h2-5H,1H3. The van der Waals surface area contributed by atoms with Crippen molar-refractivity contribution in [2.45, 2.75) is 6.92 Å². The van der Waals surface area contributed by atoms with E-state index in [2.05, 4.69) is 22.6 Å². The number of thiophene rings is 1. The number of hydrogen-bond acceptors (Lipinski definition) is 2. The first-order valence-electron chi connectivity index (χ1n) is 4.73. The van der Waals surface area contributed by atoms with Gasteiger partial charge in [-0.2, -0.15) is 0 Å². The maximum absolute atomic E-state index is 13.5. The molecule has 1 aromatic carbocycles. The van der Waals surface area contributed by atoms with Crippen LogP contribution in [0.3, 0.4) is 0 Å². The molecule has 2 rings (SSSR count). The number of ketones is 1. The van der Waals surface area contributed by atoms with Gasteiger partial charge < -0.3 is 0 Å². The predicted molar refractivity (Wildman–Crippen MR) is 71.6 cm³/mol. The smallest absolute Gasteiger partial charge is 0.196 e. The molecule has 0 aliphatic carbocycles. The van der Waals surface area contributed by atoms with Gasteiger partial charge in [0.1, 0.15) is 11.6 Å². The predicted octanol–water partition coefficient (Wildman–Crippen LogP) is 4.17. The minimum absolute atomic E-state index is 0.0851. The maximum Gasteiger partial charge on any atom is 0.196 e. The summed E-state index contributed by atoms with van der Waals surface area (Å²) < 4.78 is 27.5. The number of benzene rings is 1. The van der Waals surface area contributed by atoms with Gasteiger partial charge in [-0.15, -0.1) is 11.3 Å². The molecule has 0 spiro atoms. The van der Waals surface area contributed by atoms with Crippen LogP contribution in [0.4, 0.5) is 8.78 Å². The van der Waals surface area contributed by atoms with Crippen LogP contribution in [-0.4, -0.2) is 5.78 Å². The highest BCUT2D eigenvalue weighted by molar-refractivity contribution is 14.1. The Kier molecular flexibility index (Phi) is 3.58. The van der Waals surface area contributed by atoms with E-state index in [9.17, 15) is 13.6 Å². The Morgan fingerprint density at radius 1 is 1.24 bits per heavy atom. The third-order valence-electron chi connectivity index (χ3n) is 2.32. The Bertz CT molecular complexity index is 592. The summed E-state index contributed by atoms with van der Waals surface area (Å²) in [5.74, 6) is -1.87. The minimum atomic E-state index is -0.820. The first-order chi connectivity index (χ1) is 7.99. The average Bonchev–Trinajstić information content (AvgIpc) is 2.69. The molecule has 1 nitrogen and oxygen atoms in total. The van der Waals surface area contributed by atoms with Crippen molar-refractivity contribution < 1.29 is 13.6 Å². The highest BCUT2D eigenvalue weighted by Crippen LogP contribution is 2.22. The van der Waals surface area contributed by atoms with Crippen LogP contribution in [0, 0.1) is 21.4 Å². The Hall–Kier alpha value is -0.820. The van der Waals surface area contributed by atoms with Gasteiger partial charge in [0.05, 0.1) is 8.45 Å². The maximum atomic E-state index is 13.5. The summed E-state index contributed by atoms with van der Waals surface area (Å²) in [6, 6.07) is 3.68. The molecule has 0 bridgehead atoms. The van der Waals surface area contributed by atoms with Crippen LogP contribution >= 0.6 is 33.9 Å². The fraction of sp³-hybridized carbons (Fsp3) is 0.0833. The summed E-state index contributed by atoms with van der Waals surface area (Å²) in [5, 5.41) is 1.67. The van der Waals surface area contributed by atoms with Crippen LogP contribution in [0.1, 0.15) is 21.5 Å². The zero-order valence-corrected chi connectivity index (χ0v) is 11.7. The fourth-order valence-electron chi connectivity index (χ4n) is 1.42. The van der Waals surface area contributed by atoms with Gasteiger partial charge in [-0.1, -0.05) is 0 Å². The van der Waals surface area contributed by atoms with Crippen molar-refractivity contribution in [1.29, 1.82) is 0 Å². The SMILES string of the molecule is Cc1cc(C(=O)c2csc(I)c2)c(F)cc1F. The molecule has 88 valence electrons. The third-order valence-corrected chi connectivity index (χ3v) is 4.11. The molecule has 1 aromatic heterocycles. The summed E-state index contributed by atoms with van der Waals surface area (Å²) in [7, 11) is 0. The van der Waals surface area contributed by atoms with Gasteiger partial charge >= 0.3 is 0 Å². The Morgan fingerprint density at radius 2 is 1.94 bits per heavy atom. The Morgan fingerprint density at radius 3 is 2.53 bits per heavy atom. The van der Waals surface area contributed by atoms with Crippen LogP contribution in [-0.2, 0) is 0 Å². The van der Waals surface area contributed by atoms with Crippen molar-refractivity contribution in [2.75, 3.05) is 0 Å². The summed E-state index contributed by atoms with van der Waals surface area (Å²) in [4.78, 5) is 12.0. The van der Waals surface area contributed by atoms with Gasteiger partial charge in [-0.05, 0) is 47.2 Å². The lowest BCUT2D eigenvalue weighted by atomic mass is 10.0. The van der Waals surface area contributed by atoms with Crippen molar-refractivity contribution in [3.8, 4) is 0 Å². The van der Waals surface area contributed by atoms with E-state index in [1.165, 1.54) is 24.3 Å². The summed E-state index contributed by atoms with van der Waals surface area (Å²) in [6.07, 6.45) is 0. The van der Waals surface area contributed by atoms with Gasteiger partial charge in [0.25, 0.3) is 0 Å². The molecule has 5 heteroatoms. The highest BCUT2D eigenvalue weighted by Gasteiger charge is 2.17. The van der Waals surface area contributed by atoms with E-state index in [1.54, 1.807) is 11.4 Å². The van der Waals surface area contributed by atoms with Gasteiger partial charge in [0.15, 0.2) is 5.78 Å². The molecule has 0 radical (unpaired) electrons. The normalized spacial score (nSPS) is 10.6. The fourth-order valence-corrected chi connectivity index (χ4v) is 2.74. The number of carbonyl (C=O) groups excluding carboxylic acids is 1. The quantitative estimate of drug-likeness (QED) is 0.578. The molecule has 0 N–H and O–H groups in total. The highest BCUT2D eigenvalue weighted by atomic mass is 127. The van der Waals surface area contributed by atoms with Gasteiger partial charge in [0.2, 0.25) is 0 Å². The number of aryl methyl sites for hydroxylation is 1. The molecule has 0 atom stereocenters. The molecule has 0 fully saturated rings. The molecule has 1 heterocycles. The van der Waals surface area contributed by atoms with Crippen LogP contribution in [0.15, 0.2) is 23.6 Å². The molecule has 2 aromatic rings. The average molecular weight is 364 g/mol. The second-order valence-electron chi connectivity index (χ2n) is 3.55. The van der Waals surface area contributed by atoms with Crippen LogP contribution in [0.25, 0.3) is 0 Å². The van der Waals surface area contributed by atoms with Crippen LogP contribution in [0.2, 0.25) is 0 Å². The lowest BCUT2D eigenvalue weighted by Crippen LogP contribution is -2.04. The van der Waals surface area contributed by atoms with Gasteiger partial charge in [0, 0.05) is 17.0 Å². The number of halogens is 3. The van der Waals surface area contributed by atoms with Crippen molar-refractivity contribution in [3.63, 3.8) is 0 Å². The third kappa shape index (κ3) is 2.55. The van der Waals surface area contributed by atoms with Crippen molar-refractivity contribution in [1.82, 2.24) is 0 Å². The van der Waals surface area contributed by atoms with E-state index in [0.717, 1.165) is 8.95 Å². The summed E-state index contributed by atoms with van der Waals surface area (Å²) >= 11 is 3.50.